The van der Waals surface area contributed by atoms with Crippen LogP contribution in [0.3, 0.4) is 0 Å². The van der Waals surface area contributed by atoms with Gasteiger partial charge in [-0.3, -0.25) is 18.7 Å². The number of Topliss-reactive ketones (excluding diaryl/α,β-unsaturated/α-hetero) is 1. The van der Waals surface area contributed by atoms with Gasteiger partial charge in [-0.25, -0.2) is 8.42 Å². The standard InChI is InChI=1S/C28H31N3O7S/c1-19(32)21-8-7-9-22(17-21)31(39(4,35)36)18-27(33)30-24-11-6-5-10-23(24)28(34)29-15-14-20-12-13-25(37-2)26(16-20)38-3/h5-13,16-17H,14-15,18H2,1-4H3,(H,29,34)(H,30,33). The molecule has 0 aliphatic heterocycles. The van der Waals surface area contributed by atoms with Crippen molar-refractivity contribution in [3.8, 4) is 11.5 Å². The Labute approximate surface area is 228 Å². The summed E-state index contributed by atoms with van der Waals surface area (Å²) in [5, 5.41) is 5.47. The van der Waals surface area contributed by atoms with Crippen molar-refractivity contribution in [2.45, 2.75) is 13.3 Å². The average molecular weight is 554 g/mol. The molecule has 2 amide bonds. The van der Waals surface area contributed by atoms with Crippen molar-refractivity contribution in [3.63, 3.8) is 0 Å². The van der Waals surface area contributed by atoms with E-state index in [1.54, 1.807) is 56.7 Å². The number of ketones is 1. The van der Waals surface area contributed by atoms with Gasteiger partial charge in [-0.15, -0.1) is 0 Å². The van der Waals surface area contributed by atoms with Crippen LogP contribution in [-0.2, 0) is 21.2 Å². The van der Waals surface area contributed by atoms with E-state index >= 15 is 0 Å². The van der Waals surface area contributed by atoms with Crippen molar-refractivity contribution in [3.05, 3.63) is 83.4 Å². The summed E-state index contributed by atoms with van der Waals surface area (Å²) in [6, 6.07) is 18.0. The first-order chi connectivity index (χ1) is 18.5. The second kappa shape index (κ2) is 12.9. The maximum Gasteiger partial charge on any atom is 0.253 e. The first-order valence-corrected chi connectivity index (χ1v) is 13.8. The minimum Gasteiger partial charge on any atom is -0.493 e. The van der Waals surface area contributed by atoms with E-state index in [1.807, 2.05) is 12.1 Å². The highest BCUT2D eigenvalue weighted by Gasteiger charge is 2.22. The van der Waals surface area contributed by atoms with Gasteiger partial charge in [0.25, 0.3) is 5.91 Å². The molecule has 2 N–H and O–H groups in total. The summed E-state index contributed by atoms with van der Waals surface area (Å²) in [7, 11) is -0.754. The second-order valence-electron chi connectivity index (χ2n) is 8.67. The molecular weight excluding hydrogens is 522 g/mol. The SMILES string of the molecule is COc1ccc(CCNC(=O)c2ccccc2NC(=O)CN(c2cccc(C(C)=O)c2)S(C)(=O)=O)cc1OC. The Balaban J connectivity index is 1.69. The van der Waals surface area contributed by atoms with Gasteiger partial charge >= 0.3 is 0 Å². The Kier molecular flexibility index (Phi) is 9.67. The molecule has 3 aromatic rings. The zero-order valence-corrected chi connectivity index (χ0v) is 23.0. The molecule has 0 heterocycles. The molecule has 3 aromatic carbocycles. The lowest BCUT2D eigenvalue weighted by molar-refractivity contribution is -0.114. The van der Waals surface area contributed by atoms with Gasteiger partial charge in [-0.2, -0.15) is 0 Å². The van der Waals surface area contributed by atoms with E-state index in [1.165, 1.54) is 19.1 Å². The van der Waals surface area contributed by atoms with Crippen LogP contribution in [0.25, 0.3) is 0 Å². The van der Waals surface area contributed by atoms with E-state index in [0.29, 0.717) is 30.0 Å². The van der Waals surface area contributed by atoms with E-state index in [-0.39, 0.29) is 22.7 Å². The normalized spacial score (nSPS) is 10.9. The van der Waals surface area contributed by atoms with Crippen molar-refractivity contribution >= 4 is 39.0 Å². The number of ether oxygens (including phenoxy) is 2. The van der Waals surface area contributed by atoms with Gasteiger partial charge in [0.15, 0.2) is 17.3 Å². The van der Waals surface area contributed by atoms with Crippen LogP contribution in [0.5, 0.6) is 11.5 Å². The molecule has 0 bridgehead atoms. The molecule has 0 spiro atoms. The molecule has 3 rings (SSSR count). The van der Waals surface area contributed by atoms with Crippen LogP contribution >= 0.6 is 0 Å². The van der Waals surface area contributed by atoms with E-state index in [4.69, 9.17) is 9.47 Å². The lowest BCUT2D eigenvalue weighted by Crippen LogP contribution is -2.38. The number of hydrogen-bond acceptors (Lipinski definition) is 7. The zero-order valence-electron chi connectivity index (χ0n) is 22.2. The fraction of sp³-hybridized carbons (Fsp3) is 0.250. The first kappa shape index (κ1) is 29.2. The van der Waals surface area contributed by atoms with Crippen LogP contribution in [0.4, 0.5) is 11.4 Å². The number of carbonyl (C=O) groups is 3. The molecule has 0 atom stereocenters. The molecule has 10 nitrogen and oxygen atoms in total. The third-order valence-electron chi connectivity index (χ3n) is 5.82. The lowest BCUT2D eigenvalue weighted by atomic mass is 10.1. The van der Waals surface area contributed by atoms with E-state index < -0.39 is 28.4 Å². The van der Waals surface area contributed by atoms with Gasteiger partial charge in [-0.1, -0.05) is 30.3 Å². The molecule has 0 fully saturated rings. The number of nitrogens with zero attached hydrogens (tertiary/aromatic N) is 1. The maximum atomic E-state index is 12.9. The fourth-order valence-electron chi connectivity index (χ4n) is 3.84. The van der Waals surface area contributed by atoms with Crippen LogP contribution in [0.2, 0.25) is 0 Å². The minimum absolute atomic E-state index is 0.182. The van der Waals surface area contributed by atoms with Gasteiger partial charge in [-0.05, 0) is 55.3 Å². The summed E-state index contributed by atoms with van der Waals surface area (Å²) in [6.45, 7) is 1.15. The Morgan fingerprint density at radius 2 is 1.62 bits per heavy atom. The Hall–Kier alpha value is -4.38. The van der Waals surface area contributed by atoms with Gasteiger partial charge < -0.3 is 20.1 Å². The number of hydrogen-bond donors (Lipinski definition) is 2. The Morgan fingerprint density at radius 1 is 0.897 bits per heavy atom. The second-order valence-corrected chi connectivity index (χ2v) is 10.6. The topological polar surface area (TPSA) is 131 Å². The highest BCUT2D eigenvalue weighted by Crippen LogP contribution is 2.27. The minimum atomic E-state index is -3.86. The number of benzene rings is 3. The maximum absolute atomic E-state index is 12.9. The van der Waals surface area contributed by atoms with Gasteiger partial charge in [0.05, 0.1) is 37.4 Å². The van der Waals surface area contributed by atoms with Gasteiger partial charge in [0, 0.05) is 12.1 Å². The molecular formula is C28H31N3O7S. The molecule has 0 radical (unpaired) electrons. The highest BCUT2D eigenvalue weighted by atomic mass is 32.2. The molecule has 0 saturated carbocycles. The molecule has 0 aliphatic carbocycles. The van der Waals surface area contributed by atoms with Crippen LogP contribution < -0.4 is 24.4 Å². The smallest absolute Gasteiger partial charge is 0.253 e. The molecule has 0 aromatic heterocycles. The van der Waals surface area contributed by atoms with E-state index in [2.05, 4.69) is 10.6 Å². The predicted octanol–water partition coefficient (Wildman–Crippen LogP) is 3.28. The van der Waals surface area contributed by atoms with Gasteiger partial charge in [0.2, 0.25) is 15.9 Å². The van der Waals surface area contributed by atoms with Crippen LogP contribution in [0.1, 0.15) is 33.2 Å². The predicted molar refractivity (Wildman–Crippen MR) is 149 cm³/mol. The van der Waals surface area contributed by atoms with Crippen molar-refractivity contribution < 1.29 is 32.3 Å². The van der Waals surface area contributed by atoms with Crippen molar-refractivity contribution in [1.29, 1.82) is 0 Å². The van der Waals surface area contributed by atoms with Crippen LogP contribution in [-0.4, -0.2) is 59.6 Å². The largest absolute Gasteiger partial charge is 0.493 e. The molecule has 0 aliphatic rings. The molecule has 39 heavy (non-hydrogen) atoms. The average Bonchev–Trinajstić information content (AvgIpc) is 2.91. The molecule has 206 valence electrons. The molecule has 11 heteroatoms. The fourth-order valence-corrected chi connectivity index (χ4v) is 4.69. The van der Waals surface area contributed by atoms with Crippen molar-refractivity contribution in [2.75, 3.05) is 43.2 Å². The quantitative estimate of drug-likeness (QED) is 0.329. The summed E-state index contributed by atoms with van der Waals surface area (Å²) in [4.78, 5) is 37.6. The summed E-state index contributed by atoms with van der Waals surface area (Å²) in [6.07, 6.45) is 1.50. The van der Waals surface area contributed by atoms with E-state index in [0.717, 1.165) is 16.1 Å². The van der Waals surface area contributed by atoms with Crippen LogP contribution in [0, 0.1) is 0 Å². The molecule has 0 saturated heterocycles. The first-order valence-electron chi connectivity index (χ1n) is 12.0. The highest BCUT2D eigenvalue weighted by molar-refractivity contribution is 7.92. The zero-order chi connectivity index (χ0) is 28.6. The third-order valence-corrected chi connectivity index (χ3v) is 6.96. The molecule has 0 unspecified atom stereocenters. The number of sulfonamides is 1. The summed E-state index contributed by atoms with van der Waals surface area (Å²) in [5.41, 5.74) is 1.89. The lowest BCUT2D eigenvalue weighted by Gasteiger charge is -2.22. The number of amides is 2. The number of rotatable bonds is 12. The number of carbonyl (C=O) groups excluding carboxylic acids is 3. The van der Waals surface area contributed by atoms with Crippen LogP contribution in [0.15, 0.2) is 66.7 Å². The monoisotopic (exact) mass is 553 g/mol. The summed E-state index contributed by atoms with van der Waals surface area (Å²) >= 11 is 0. The van der Waals surface area contributed by atoms with Crippen molar-refractivity contribution in [1.82, 2.24) is 5.32 Å². The number of methoxy groups -OCH3 is 2. The van der Waals surface area contributed by atoms with E-state index in [9.17, 15) is 22.8 Å². The third kappa shape index (κ3) is 7.81. The van der Waals surface area contributed by atoms with Crippen molar-refractivity contribution in [2.24, 2.45) is 0 Å². The number of anilines is 2. The summed E-state index contributed by atoms with van der Waals surface area (Å²) < 4.78 is 36.4. The van der Waals surface area contributed by atoms with Gasteiger partial charge in [0.1, 0.15) is 6.54 Å². The Morgan fingerprint density at radius 3 is 2.28 bits per heavy atom. The summed E-state index contributed by atoms with van der Waals surface area (Å²) in [5.74, 6) is -0.0953. The number of para-hydroxylation sites is 1. The Bertz CT molecular complexity index is 1470. The number of nitrogens with one attached hydrogen (secondary N) is 2.